The van der Waals surface area contributed by atoms with Crippen LogP contribution in [0.3, 0.4) is 0 Å². The van der Waals surface area contributed by atoms with Gasteiger partial charge in [-0.1, -0.05) is 6.92 Å². The van der Waals surface area contributed by atoms with E-state index in [0.29, 0.717) is 18.5 Å². The van der Waals surface area contributed by atoms with E-state index >= 15 is 0 Å². The average Bonchev–Trinajstić information content (AvgIpc) is 2.42. The van der Waals surface area contributed by atoms with E-state index in [0.717, 1.165) is 32.6 Å². The average molecular weight is 253 g/mol. The molecule has 6 heteroatoms. The first-order valence-corrected chi connectivity index (χ1v) is 6.41. The second-order valence-electron chi connectivity index (χ2n) is 4.52. The molecule has 0 radical (unpaired) electrons. The molecule has 2 N–H and O–H groups in total. The van der Waals surface area contributed by atoms with Crippen molar-refractivity contribution in [3.8, 4) is 0 Å². The number of nitrogens with zero attached hydrogens (tertiary/aromatic N) is 4. The van der Waals surface area contributed by atoms with Gasteiger partial charge in [0, 0.05) is 38.8 Å². The molecule has 1 unspecified atom stereocenters. The number of anilines is 1. The molecule has 0 bridgehead atoms. The minimum absolute atomic E-state index is 0.397. The first-order chi connectivity index (χ1) is 8.74. The topological polar surface area (TPSA) is 58.3 Å². The van der Waals surface area contributed by atoms with Crippen molar-refractivity contribution in [3.63, 3.8) is 0 Å². The summed E-state index contributed by atoms with van der Waals surface area (Å²) < 4.78 is 12.7. The zero-order chi connectivity index (χ0) is 13.0. The Morgan fingerprint density at radius 1 is 1.28 bits per heavy atom. The molecule has 2 rings (SSSR count). The van der Waals surface area contributed by atoms with Gasteiger partial charge in [-0.2, -0.15) is 0 Å². The molecule has 1 aliphatic heterocycles. The van der Waals surface area contributed by atoms with E-state index in [1.54, 1.807) is 0 Å². The van der Waals surface area contributed by atoms with Gasteiger partial charge in [-0.25, -0.2) is 14.4 Å². The maximum Gasteiger partial charge on any atom is 0.225 e. The van der Waals surface area contributed by atoms with Crippen LogP contribution in [0.4, 0.5) is 10.3 Å². The van der Waals surface area contributed by atoms with Gasteiger partial charge in [0.2, 0.25) is 5.95 Å². The Hall–Kier alpha value is -1.27. The largest absolute Gasteiger partial charge is 0.338 e. The number of rotatable bonds is 4. The zero-order valence-electron chi connectivity index (χ0n) is 10.7. The van der Waals surface area contributed by atoms with Crippen LogP contribution in [0.1, 0.15) is 13.3 Å². The number of aromatic nitrogens is 2. The normalized spacial score (nSPS) is 18.9. The first kappa shape index (κ1) is 13.2. The summed E-state index contributed by atoms with van der Waals surface area (Å²) in [4.78, 5) is 12.5. The third-order valence-corrected chi connectivity index (χ3v) is 3.46. The quantitative estimate of drug-likeness (QED) is 0.845. The zero-order valence-corrected chi connectivity index (χ0v) is 10.7. The molecule has 0 saturated carbocycles. The van der Waals surface area contributed by atoms with Gasteiger partial charge in [-0.05, 0) is 6.42 Å². The van der Waals surface area contributed by atoms with Crippen LogP contribution in [0.2, 0.25) is 0 Å². The molecule has 1 atom stereocenters. The van der Waals surface area contributed by atoms with Crippen LogP contribution in [0.5, 0.6) is 0 Å². The van der Waals surface area contributed by atoms with E-state index < -0.39 is 5.82 Å². The Bertz CT molecular complexity index is 357. The van der Waals surface area contributed by atoms with Crippen molar-refractivity contribution in [2.45, 2.75) is 19.4 Å². The summed E-state index contributed by atoms with van der Waals surface area (Å²) in [6.45, 7) is 6.49. The molecule has 5 nitrogen and oxygen atoms in total. The van der Waals surface area contributed by atoms with Crippen molar-refractivity contribution in [1.82, 2.24) is 14.9 Å². The second kappa shape index (κ2) is 6.06. The van der Waals surface area contributed by atoms with E-state index in [1.807, 2.05) is 0 Å². The number of nitrogens with two attached hydrogens (primary N) is 1. The predicted octanol–water partition coefficient (Wildman–Crippen LogP) is 0.475. The molecule has 18 heavy (non-hydrogen) atoms. The van der Waals surface area contributed by atoms with Crippen LogP contribution in [0, 0.1) is 5.82 Å². The standard InChI is InChI=1S/C12H20FN5/c1-2-11(7-14)17-3-5-18(6-4-17)12-15-8-10(13)9-16-12/h8-9,11H,2-7,14H2,1H3. The monoisotopic (exact) mass is 253 g/mol. The maximum atomic E-state index is 12.7. The lowest BCUT2D eigenvalue weighted by atomic mass is 10.1. The lowest BCUT2D eigenvalue weighted by molar-refractivity contribution is 0.184. The van der Waals surface area contributed by atoms with Crippen LogP contribution < -0.4 is 10.6 Å². The molecule has 0 aliphatic carbocycles. The number of piperazine rings is 1. The Labute approximate surface area is 107 Å². The Balaban J connectivity index is 1.92. The minimum atomic E-state index is -0.397. The van der Waals surface area contributed by atoms with Crippen molar-refractivity contribution in [2.75, 3.05) is 37.6 Å². The smallest absolute Gasteiger partial charge is 0.225 e. The highest BCUT2D eigenvalue weighted by Crippen LogP contribution is 2.13. The van der Waals surface area contributed by atoms with E-state index in [-0.39, 0.29) is 0 Å². The van der Waals surface area contributed by atoms with E-state index in [9.17, 15) is 4.39 Å². The van der Waals surface area contributed by atoms with Crippen LogP contribution >= 0.6 is 0 Å². The van der Waals surface area contributed by atoms with E-state index in [1.165, 1.54) is 12.4 Å². The summed E-state index contributed by atoms with van der Waals surface area (Å²) >= 11 is 0. The predicted molar refractivity (Wildman–Crippen MR) is 68.9 cm³/mol. The molecule has 1 aromatic rings. The number of halogens is 1. The highest BCUT2D eigenvalue weighted by molar-refractivity contribution is 5.29. The molecule has 100 valence electrons. The molecular weight excluding hydrogens is 233 g/mol. The SMILES string of the molecule is CCC(CN)N1CCN(c2ncc(F)cn2)CC1. The van der Waals surface area contributed by atoms with E-state index in [2.05, 4.69) is 26.7 Å². The Morgan fingerprint density at radius 2 is 1.89 bits per heavy atom. The van der Waals surface area contributed by atoms with Crippen LogP contribution in [0.25, 0.3) is 0 Å². The van der Waals surface area contributed by atoms with Gasteiger partial charge in [0.15, 0.2) is 5.82 Å². The van der Waals surface area contributed by atoms with Crippen LogP contribution in [0.15, 0.2) is 12.4 Å². The molecule has 0 aromatic carbocycles. The van der Waals surface area contributed by atoms with Crippen molar-refractivity contribution in [2.24, 2.45) is 5.73 Å². The third kappa shape index (κ3) is 2.94. The summed E-state index contributed by atoms with van der Waals surface area (Å²) in [5, 5.41) is 0. The van der Waals surface area contributed by atoms with Crippen molar-refractivity contribution in [3.05, 3.63) is 18.2 Å². The van der Waals surface area contributed by atoms with Crippen molar-refractivity contribution >= 4 is 5.95 Å². The summed E-state index contributed by atoms with van der Waals surface area (Å²) in [7, 11) is 0. The lowest BCUT2D eigenvalue weighted by Crippen LogP contribution is -2.52. The molecule has 1 saturated heterocycles. The highest BCUT2D eigenvalue weighted by atomic mass is 19.1. The highest BCUT2D eigenvalue weighted by Gasteiger charge is 2.22. The molecule has 1 aliphatic rings. The summed E-state index contributed by atoms with van der Waals surface area (Å²) in [6.07, 6.45) is 3.50. The summed E-state index contributed by atoms with van der Waals surface area (Å²) in [5.41, 5.74) is 5.75. The number of hydrogen-bond acceptors (Lipinski definition) is 5. The van der Waals surface area contributed by atoms with Gasteiger partial charge in [0.1, 0.15) is 0 Å². The van der Waals surface area contributed by atoms with E-state index in [4.69, 9.17) is 5.73 Å². The second-order valence-corrected chi connectivity index (χ2v) is 4.52. The Morgan fingerprint density at radius 3 is 2.39 bits per heavy atom. The molecule has 0 amide bonds. The molecular formula is C12H20FN5. The van der Waals surface area contributed by atoms with Gasteiger partial charge in [0.05, 0.1) is 12.4 Å². The fraction of sp³-hybridized carbons (Fsp3) is 0.667. The molecule has 0 spiro atoms. The summed E-state index contributed by atoms with van der Waals surface area (Å²) in [6, 6.07) is 0.460. The first-order valence-electron chi connectivity index (χ1n) is 6.41. The minimum Gasteiger partial charge on any atom is -0.338 e. The van der Waals surface area contributed by atoms with Crippen LogP contribution in [-0.4, -0.2) is 53.6 Å². The molecule has 1 fully saturated rings. The third-order valence-electron chi connectivity index (χ3n) is 3.46. The van der Waals surface area contributed by atoms with Crippen molar-refractivity contribution < 1.29 is 4.39 Å². The fourth-order valence-corrected chi connectivity index (χ4v) is 2.33. The summed E-state index contributed by atoms with van der Waals surface area (Å²) in [5.74, 6) is 0.211. The lowest BCUT2D eigenvalue weighted by Gasteiger charge is -2.38. The molecule has 2 heterocycles. The van der Waals surface area contributed by atoms with Gasteiger partial charge in [-0.3, -0.25) is 4.90 Å². The van der Waals surface area contributed by atoms with Gasteiger partial charge < -0.3 is 10.6 Å². The number of hydrogen-bond donors (Lipinski definition) is 1. The maximum absolute atomic E-state index is 12.7. The van der Waals surface area contributed by atoms with Crippen molar-refractivity contribution in [1.29, 1.82) is 0 Å². The Kier molecular flexibility index (Phi) is 4.43. The van der Waals surface area contributed by atoms with Gasteiger partial charge in [0.25, 0.3) is 0 Å². The van der Waals surface area contributed by atoms with Crippen LogP contribution in [-0.2, 0) is 0 Å². The van der Waals surface area contributed by atoms with Gasteiger partial charge >= 0.3 is 0 Å². The molecule has 1 aromatic heterocycles. The van der Waals surface area contributed by atoms with Gasteiger partial charge in [-0.15, -0.1) is 0 Å². The fourth-order valence-electron chi connectivity index (χ4n) is 2.33.